The van der Waals surface area contributed by atoms with Gasteiger partial charge in [0.1, 0.15) is 0 Å². The van der Waals surface area contributed by atoms with Crippen LogP contribution in [0, 0.1) is 0 Å². The number of thiophene rings is 1. The van der Waals surface area contributed by atoms with E-state index in [1.54, 1.807) is 13.0 Å². The molecule has 2 aromatic carbocycles. The fourth-order valence-corrected chi connectivity index (χ4v) is 4.29. The van der Waals surface area contributed by atoms with Crippen molar-refractivity contribution in [2.24, 2.45) is 0 Å². The van der Waals surface area contributed by atoms with Crippen molar-refractivity contribution in [3.05, 3.63) is 70.1 Å². The van der Waals surface area contributed by atoms with E-state index in [-0.39, 0.29) is 5.78 Å². The third-order valence-corrected chi connectivity index (χ3v) is 6.19. The molecule has 0 aliphatic carbocycles. The van der Waals surface area contributed by atoms with E-state index in [1.165, 1.54) is 42.6 Å². The van der Waals surface area contributed by atoms with Crippen molar-refractivity contribution in [1.29, 1.82) is 0 Å². The third-order valence-electron chi connectivity index (χ3n) is 5.22. The standard InChI is InChI=1S/C24H26O3S/c1-3-4-5-6-7-17-8-10-18(11-9-17)22(25)21-15-20(16(2)24(26)27)14-19-12-13-28-23(19)21/h8-16H,3-7H2,1-2H3,(H,26,27). The Hall–Kier alpha value is -2.46. The highest BCUT2D eigenvalue weighted by Crippen LogP contribution is 2.31. The van der Waals surface area contributed by atoms with Crippen molar-refractivity contribution in [3.63, 3.8) is 0 Å². The van der Waals surface area contributed by atoms with E-state index in [4.69, 9.17) is 0 Å². The summed E-state index contributed by atoms with van der Waals surface area (Å²) in [5.74, 6) is -1.59. The number of hydrogen-bond acceptors (Lipinski definition) is 3. The summed E-state index contributed by atoms with van der Waals surface area (Å²) in [6.45, 7) is 3.86. The van der Waals surface area contributed by atoms with Gasteiger partial charge in [0.2, 0.25) is 0 Å². The van der Waals surface area contributed by atoms with Gasteiger partial charge in [-0.25, -0.2) is 0 Å². The van der Waals surface area contributed by atoms with Gasteiger partial charge >= 0.3 is 5.97 Å². The predicted octanol–water partition coefficient (Wildman–Crippen LogP) is 6.44. The van der Waals surface area contributed by atoms with Gasteiger partial charge in [0.05, 0.1) is 5.92 Å². The lowest BCUT2D eigenvalue weighted by Crippen LogP contribution is -2.09. The number of ketones is 1. The van der Waals surface area contributed by atoms with Crippen LogP contribution in [0.4, 0.5) is 0 Å². The third kappa shape index (κ3) is 4.50. The molecule has 0 fully saturated rings. The molecule has 0 amide bonds. The van der Waals surface area contributed by atoms with E-state index in [1.807, 2.05) is 41.8 Å². The molecule has 1 N–H and O–H groups in total. The van der Waals surface area contributed by atoms with Crippen LogP contribution in [0.1, 0.15) is 72.5 Å². The molecule has 1 aromatic heterocycles. The van der Waals surface area contributed by atoms with Crippen LogP contribution in [0.3, 0.4) is 0 Å². The van der Waals surface area contributed by atoms with E-state index < -0.39 is 11.9 Å². The van der Waals surface area contributed by atoms with Crippen LogP contribution in [-0.4, -0.2) is 16.9 Å². The molecule has 3 nitrogen and oxygen atoms in total. The van der Waals surface area contributed by atoms with Gasteiger partial charge in [-0.2, -0.15) is 0 Å². The molecule has 1 unspecified atom stereocenters. The number of hydrogen-bond donors (Lipinski definition) is 1. The van der Waals surface area contributed by atoms with Crippen molar-refractivity contribution in [2.45, 2.75) is 51.9 Å². The topological polar surface area (TPSA) is 54.4 Å². The summed E-state index contributed by atoms with van der Waals surface area (Å²) in [6.07, 6.45) is 5.94. The molecule has 4 heteroatoms. The molecule has 1 heterocycles. The van der Waals surface area contributed by atoms with Crippen LogP contribution >= 0.6 is 11.3 Å². The van der Waals surface area contributed by atoms with Crippen molar-refractivity contribution < 1.29 is 14.7 Å². The van der Waals surface area contributed by atoms with E-state index in [2.05, 4.69) is 6.92 Å². The molecule has 146 valence electrons. The molecule has 1 atom stereocenters. The zero-order valence-corrected chi connectivity index (χ0v) is 17.2. The number of aryl methyl sites for hydroxylation is 1. The summed E-state index contributed by atoms with van der Waals surface area (Å²) in [4.78, 5) is 24.6. The largest absolute Gasteiger partial charge is 0.481 e. The van der Waals surface area contributed by atoms with Crippen molar-refractivity contribution in [1.82, 2.24) is 0 Å². The van der Waals surface area contributed by atoms with Gasteiger partial charge in [-0.05, 0) is 59.9 Å². The Morgan fingerprint density at radius 2 is 1.79 bits per heavy atom. The SMILES string of the molecule is CCCCCCc1ccc(C(=O)c2cc(C(C)C(=O)O)cc3ccsc23)cc1. The van der Waals surface area contributed by atoms with Crippen LogP contribution in [0.15, 0.2) is 47.8 Å². The maximum atomic E-state index is 13.2. The fourth-order valence-electron chi connectivity index (χ4n) is 3.40. The molecule has 3 rings (SSSR count). The minimum absolute atomic E-state index is 0.0515. The minimum atomic E-state index is -0.889. The monoisotopic (exact) mass is 394 g/mol. The molecule has 0 bridgehead atoms. The van der Waals surface area contributed by atoms with Crippen LogP contribution in [0.25, 0.3) is 10.1 Å². The number of carbonyl (C=O) groups excluding carboxylic acids is 1. The van der Waals surface area contributed by atoms with Gasteiger partial charge in [0.15, 0.2) is 5.78 Å². The molecule has 0 aliphatic heterocycles. The lowest BCUT2D eigenvalue weighted by Gasteiger charge is -2.11. The number of carboxylic acids is 1. The Kier molecular flexibility index (Phi) is 6.63. The number of benzene rings is 2. The Bertz CT molecular complexity index is 969. The molecule has 3 aromatic rings. The Balaban J connectivity index is 1.86. The number of unbranched alkanes of at least 4 members (excludes halogenated alkanes) is 3. The molecule has 0 aliphatic rings. The molecule has 0 saturated carbocycles. The average molecular weight is 395 g/mol. The molecular formula is C24H26O3S. The van der Waals surface area contributed by atoms with E-state index in [9.17, 15) is 14.7 Å². The quantitative estimate of drug-likeness (QED) is 0.335. The number of rotatable bonds is 9. The highest BCUT2D eigenvalue weighted by Gasteiger charge is 2.20. The second-order valence-corrected chi connectivity index (χ2v) is 8.22. The molecule has 28 heavy (non-hydrogen) atoms. The van der Waals surface area contributed by atoms with Crippen LogP contribution < -0.4 is 0 Å². The first-order chi connectivity index (χ1) is 13.5. The number of fused-ring (bicyclic) bond motifs is 1. The minimum Gasteiger partial charge on any atom is -0.481 e. The summed E-state index contributed by atoms with van der Waals surface area (Å²) < 4.78 is 0.912. The molecular weight excluding hydrogens is 368 g/mol. The lowest BCUT2D eigenvalue weighted by atomic mass is 9.93. The average Bonchev–Trinajstić information content (AvgIpc) is 3.18. The Morgan fingerprint density at radius 1 is 1.04 bits per heavy atom. The predicted molar refractivity (Wildman–Crippen MR) is 116 cm³/mol. The summed E-state index contributed by atoms with van der Waals surface area (Å²) >= 11 is 1.52. The number of carbonyl (C=O) groups is 2. The van der Waals surface area contributed by atoms with E-state index in [0.29, 0.717) is 16.7 Å². The van der Waals surface area contributed by atoms with Gasteiger partial charge in [0.25, 0.3) is 0 Å². The fraction of sp³-hybridized carbons (Fsp3) is 0.333. The summed E-state index contributed by atoms with van der Waals surface area (Å²) in [5, 5.41) is 12.2. The first-order valence-electron chi connectivity index (χ1n) is 9.89. The van der Waals surface area contributed by atoms with Crippen molar-refractivity contribution in [3.8, 4) is 0 Å². The van der Waals surface area contributed by atoms with Crippen molar-refractivity contribution >= 4 is 33.2 Å². The smallest absolute Gasteiger partial charge is 0.310 e. The first-order valence-corrected chi connectivity index (χ1v) is 10.8. The highest BCUT2D eigenvalue weighted by molar-refractivity contribution is 7.17. The van der Waals surface area contributed by atoms with Gasteiger partial charge in [-0.15, -0.1) is 11.3 Å². The van der Waals surface area contributed by atoms with Gasteiger partial charge in [-0.1, -0.05) is 50.5 Å². The van der Waals surface area contributed by atoms with Crippen molar-refractivity contribution in [2.75, 3.05) is 0 Å². The van der Waals surface area contributed by atoms with Gasteiger partial charge < -0.3 is 5.11 Å². The Labute approximate surface area is 170 Å². The number of aliphatic carboxylic acids is 1. The second kappa shape index (κ2) is 9.16. The maximum absolute atomic E-state index is 13.2. The summed E-state index contributed by atoms with van der Waals surface area (Å²) in [5.41, 5.74) is 3.15. The highest BCUT2D eigenvalue weighted by atomic mass is 32.1. The molecule has 0 saturated heterocycles. The van der Waals surface area contributed by atoms with Crippen LogP contribution in [0.5, 0.6) is 0 Å². The van der Waals surface area contributed by atoms with E-state index >= 15 is 0 Å². The number of carboxylic acid groups (broad SMARTS) is 1. The lowest BCUT2D eigenvalue weighted by molar-refractivity contribution is -0.138. The van der Waals surface area contributed by atoms with Gasteiger partial charge in [0, 0.05) is 15.8 Å². The van der Waals surface area contributed by atoms with Crippen LogP contribution in [0.2, 0.25) is 0 Å². The molecule has 0 spiro atoms. The maximum Gasteiger partial charge on any atom is 0.310 e. The van der Waals surface area contributed by atoms with E-state index in [0.717, 1.165) is 16.5 Å². The zero-order valence-electron chi connectivity index (χ0n) is 16.4. The first kappa shape index (κ1) is 20.3. The summed E-state index contributed by atoms with van der Waals surface area (Å²) in [7, 11) is 0. The second-order valence-electron chi connectivity index (χ2n) is 7.30. The summed E-state index contributed by atoms with van der Waals surface area (Å²) in [6, 6.07) is 13.4. The Morgan fingerprint density at radius 3 is 2.46 bits per heavy atom. The zero-order chi connectivity index (χ0) is 20.1. The normalized spacial score (nSPS) is 12.2. The van der Waals surface area contributed by atoms with Crippen LogP contribution in [-0.2, 0) is 11.2 Å². The van der Waals surface area contributed by atoms with Gasteiger partial charge in [-0.3, -0.25) is 9.59 Å². The molecule has 0 radical (unpaired) electrons.